The summed E-state index contributed by atoms with van der Waals surface area (Å²) in [5.41, 5.74) is 3.35. The van der Waals surface area contributed by atoms with Crippen molar-refractivity contribution in [3.05, 3.63) is 130 Å². The maximum absolute atomic E-state index is 14.6. The lowest BCUT2D eigenvalue weighted by Gasteiger charge is -2.35. The van der Waals surface area contributed by atoms with Gasteiger partial charge >= 0.3 is 0 Å². The Morgan fingerprint density at radius 2 is 1.40 bits per heavy atom. The van der Waals surface area contributed by atoms with E-state index in [1.165, 1.54) is 4.90 Å². The molecular weight excluding hydrogens is 630 g/mol. The minimum Gasteiger partial charge on any atom is -0.350 e. The summed E-state index contributed by atoms with van der Waals surface area (Å²) in [6, 6.07) is 29.4. The van der Waals surface area contributed by atoms with Gasteiger partial charge in [0.25, 0.3) is 10.0 Å². The monoisotopic (exact) mass is 673 g/mol. The molecule has 0 spiro atoms. The van der Waals surface area contributed by atoms with Crippen molar-refractivity contribution in [2.75, 3.05) is 10.8 Å². The molecule has 7 nitrogen and oxygen atoms in total. The van der Waals surface area contributed by atoms with Gasteiger partial charge in [0.15, 0.2) is 0 Å². The molecule has 0 aliphatic heterocycles. The van der Waals surface area contributed by atoms with Gasteiger partial charge in [-0.2, -0.15) is 0 Å². The Morgan fingerprint density at radius 3 is 1.96 bits per heavy atom. The summed E-state index contributed by atoms with van der Waals surface area (Å²) < 4.78 is 29.7. The summed E-state index contributed by atoms with van der Waals surface area (Å²) in [6.45, 7) is 11.2. The third-order valence-electron chi connectivity index (χ3n) is 7.77. The van der Waals surface area contributed by atoms with Crippen LogP contribution in [0.15, 0.2) is 108 Å². The second-order valence-electron chi connectivity index (χ2n) is 13.2. The third-order valence-corrected chi connectivity index (χ3v) is 9.81. The number of nitrogens with zero attached hydrogens (tertiary/aromatic N) is 2. The van der Waals surface area contributed by atoms with Crippen LogP contribution < -0.4 is 9.62 Å². The van der Waals surface area contributed by atoms with E-state index >= 15 is 0 Å². The maximum atomic E-state index is 14.6. The SMILES string of the molecule is Cc1ccc(S(=O)(=O)N(CC(=O)N(Cc2ccc(Cl)cc2)[C@@H](Cc2ccccc2)C(=O)NC(C)(C)C)c2ccc(C(C)C)cc2)cc1. The highest BCUT2D eigenvalue weighted by atomic mass is 35.5. The van der Waals surface area contributed by atoms with Crippen LogP contribution in [0.25, 0.3) is 0 Å². The number of carbonyl (C=O) groups excluding carboxylic acids is 2. The number of amides is 2. The molecule has 9 heteroatoms. The van der Waals surface area contributed by atoms with Crippen molar-refractivity contribution in [2.45, 2.75) is 76.9 Å². The quantitative estimate of drug-likeness (QED) is 0.169. The van der Waals surface area contributed by atoms with E-state index in [0.29, 0.717) is 10.7 Å². The summed E-state index contributed by atoms with van der Waals surface area (Å²) >= 11 is 6.17. The number of carbonyl (C=O) groups is 2. The number of rotatable bonds is 12. The molecule has 47 heavy (non-hydrogen) atoms. The number of sulfonamides is 1. The number of aryl methyl sites for hydroxylation is 1. The van der Waals surface area contributed by atoms with E-state index in [0.717, 1.165) is 26.6 Å². The van der Waals surface area contributed by atoms with Crippen LogP contribution in [-0.2, 0) is 32.6 Å². The number of benzene rings is 4. The van der Waals surface area contributed by atoms with Gasteiger partial charge in [0.1, 0.15) is 12.6 Å². The molecule has 0 aliphatic carbocycles. The largest absolute Gasteiger partial charge is 0.350 e. The molecule has 248 valence electrons. The predicted octanol–water partition coefficient (Wildman–Crippen LogP) is 7.52. The van der Waals surface area contributed by atoms with Crippen molar-refractivity contribution < 1.29 is 18.0 Å². The van der Waals surface area contributed by atoms with Gasteiger partial charge in [-0.05, 0) is 86.7 Å². The van der Waals surface area contributed by atoms with E-state index in [1.807, 2.05) is 70.2 Å². The number of hydrogen-bond acceptors (Lipinski definition) is 4. The normalized spacial score (nSPS) is 12.4. The average Bonchev–Trinajstić information content (AvgIpc) is 3.02. The van der Waals surface area contributed by atoms with Crippen LogP contribution in [0.4, 0.5) is 5.69 Å². The Balaban J connectivity index is 1.82. The van der Waals surface area contributed by atoms with E-state index in [9.17, 15) is 18.0 Å². The molecule has 0 bridgehead atoms. The molecule has 0 fully saturated rings. The number of halogens is 1. The smallest absolute Gasteiger partial charge is 0.264 e. The van der Waals surface area contributed by atoms with Gasteiger partial charge in [-0.1, -0.05) is 97.7 Å². The van der Waals surface area contributed by atoms with E-state index in [4.69, 9.17) is 11.6 Å². The summed E-state index contributed by atoms with van der Waals surface area (Å²) in [5, 5.41) is 3.59. The van der Waals surface area contributed by atoms with Crippen molar-refractivity contribution in [3.8, 4) is 0 Å². The lowest BCUT2D eigenvalue weighted by molar-refractivity contribution is -0.140. The maximum Gasteiger partial charge on any atom is 0.264 e. The van der Waals surface area contributed by atoms with Crippen LogP contribution in [0.1, 0.15) is 62.8 Å². The first-order valence-corrected chi connectivity index (χ1v) is 17.5. The van der Waals surface area contributed by atoms with Gasteiger partial charge in [-0.25, -0.2) is 8.42 Å². The summed E-state index contributed by atoms with van der Waals surface area (Å²) in [6.07, 6.45) is 0.232. The van der Waals surface area contributed by atoms with Gasteiger partial charge in [-0.3, -0.25) is 13.9 Å². The Kier molecular flexibility index (Phi) is 11.5. The average molecular weight is 674 g/mol. The van der Waals surface area contributed by atoms with Crippen molar-refractivity contribution in [1.82, 2.24) is 10.2 Å². The molecule has 0 aromatic heterocycles. The minimum absolute atomic E-state index is 0.0652. The van der Waals surface area contributed by atoms with E-state index in [2.05, 4.69) is 19.2 Å². The molecule has 1 atom stereocenters. The highest BCUT2D eigenvalue weighted by Crippen LogP contribution is 2.27. The molecule has 2 amide bonds. The minimum atomic E-state index is -4.18. The molecule has 0 unspecified atom stereocenters. The fourth-order valence-corrected chi connectivity index (χ4v) is 6.73. The second-order valence-corrected chi connectivity index (χ2v) is 15.5. The molecule has 0 heterocycles. The zero-order chi connectivity index (χ0) is 34.4. The highest BCUT2D eigenvalue weighted by Gasteiger charge is 2.35. The van der Waals surface area contributed by atoms with E-state index in [1.54, 1.807) is 60.7 Å². The molecule has 0 aliphatic rings. The fourth-order valence-electron chi connectivity index (χ4n) is 5.19. The van der Waals surface area contributed by atoms with Crippen molar-refractivity contribution in [3.63, 3.8) is 0 Å². The summed E-state index contributed by atoms with van der Waals surface area (Å²) in [5.74, 6) is -0.616. The zero-order valence-electron chi connectivity index (χ0n) is 27.9. The molecule has 4 aromatic rings. The van der Waals surface area contributed by atoms with Gasteiger partial charge in [0, 0.05) is 23.5 Å². The van der Waals surface area contributed by atoms with Gasteiger partial charge in [0.2, 0.25) is 11.8 Å². The first kappa shape index (κ1) is 35.7. The Hall–Kier alpha value is -4.14. The topological polar surface area (TPSA) is 86.8 Å². The van der Waals surface area contributed by atoms with Crippen LogP contribution in [-0.4, -0.2) is 43.3 Å². The lowest BCUT2D eigenvalue weighted by Crippen LogP contribution is -2.56. The predicted molar refractivity (Wildman–Crippen MR) is 190 cm³/mol. The highest BCUT2D eigenvalue weighted by molar-refractivity contribution is 7.92. The standard InChI is InChI=1S/C38H44ClN3O4S/c1-27(2)31-16-20-33(21-17-31)42(47(45,46)34-22-12-28(3)13-23-34)26-36(43)41(25-30-14-18-32(39)19-15-30)35(37(44)40-38(4,5)6)24-29-10-8-7-9-11-29/h7-23,27,35H,24-26H2,1-6H3,(H,40,44)/t35-/m0/s1. The molecule has 4 aromatic carbocycles. The molecule has 1 N–H and O–H groups in total. The lowest BCUT2D eigenvalue weighted by atomic mass is 10.0. The van der Waals surface area contributed by atoms with Crippen LogP contribution in [0, 0.1) is 6.92 Å². The van der Waals surface area contributed by atoms with Crippen molar-refractivity contribution >= 4 is 39.1 Å². The molecule has 4 rings (SSSR count). The van der Waals surface area contributed by atoms with Crippen LogP contribution in [0.3, 0.4) is 0 Å². The molecule has 0 radical (unpaired) electrons. The van der Waals surface area contributed by atoms with Gasteiger partial charge in [0.05, 0.1) is 10.6 Å². The van der Waals surface area contributed by atoms with Crippen molar-refractivity contribution in [1.29, 1.82) is 0 Å². The summed E-state index contributed by atoms with van der Waals surface area (Å²) in [4.78, 5) is 30.2. The van der Waals surface area contributed by atoms with Crippen LogP contribution in [0.2, 0.25) is 5.02 Å². The fraction of sp³-hybridized carbons (Fsp3) is 0.316. The van der Waals surface area contributed by atoms with E-state index < -0.39 is 34.1 Å². The number of anilines is 1. The Bertz CT molecular complexity index is 1750. The molecule has 0 saturated carbocycles. The molecule has 0 saturated heterocycles. The number of nitrogens with one attached hydrogen (secondary N) is 1. The van der Waals surface area contributed by atoms with Gasteiger partial charge in [-0.15, -0.1) is 0 Å². The van der Waals surface area contributed by atoms with Crippen LogP contribution >= 0.6 is 11.6 Å². The Labute approximate surface area is 284 Å². The Morgan fingerprint density at radius 1 is 0.809 bits per heavy atom. The first-order valence-electron chi connectivity index (χ1n) is 15.7. The first-order chi connectivity index (χ1) is 22.1. The zero-order valence-corrected chi connectivity index (χ0v) is 29.5. The van der Waals surface area contributed by atoms with Crippen molar-refractivity contribution in [2.24, 2.45) is 0 Å². The second kappa shape index (κ2) is 15.2. The van der Waals surface area contributed by atoms with Gasteiger partial charge < -0.3 is 10.2 Å². The van der Waals surface area contributed by atoms with Crippen LogP contribution in [0.5, 0.6) is 0 Å². The third kappa shape index (κ3) is 9.69. The summed E-state index contributed by atoms with van der Waals surface area (Å²) in [7, 11) is -4.18. The molecular formula is C38H44ClN3O4S. The number of hydrogen-bond donors (Lipinski definition) is 1. The van der Waals surface area contributed by atoms with E-state index in [-0.39, 0.29) is 29.7 Å².